The van der Waals surface area contributed by atoms with Crippen LogP contribution in [0, 0.1) is 5.92 Å². The van der Waals surface area contributed by atoms with E-state index in [1.807, 2.05) is 0 Å². The van der Waals surface area contributed by atoms with Crippen LogP contribution in [-0.4, -0.2) is 51.0 Å². The molecule has 5 nitrogen and oxygen atoms in total. The molecule has 2 aliphatic heterocycles. The smallest absolute Gasteiger partial charge is 0.223 e. The maximum absolute atomic E-state index is 12.0. The van der Waals surface area contributed by atoms with Gasteiger partial charge in [0.25, 0.3) is 0 Å². The van der Waals surface area contributed by atoms with Crippen molar-refractivity contribution in [1.29, 1.82) is 0 Å². The van der Waals surface area contributed by atoms with E-state index in [1.165, 1.54) is 0 Å². The number of rotatable bonds is 7. The molecular weight excluding hydrogens is 256 g/mol. The molecule has 2 rings (SSSR count). The minimum Gasteiger partial charge on any atom is -0.379 e. The summed E-state index contributed by atoms with van der Waals surface area (Å²) in [5, 5.41) is 6.39. The van der Waals surface area contributed by atoms with Gasteiger partial charge in [0.2, 0.25) is 5.91 Å². The lowest BCUT2D eigenvalue weighted by Gasteiger charge is -2.27. The second-order valence-electron chi connectivity index (χ2n) is 5.93. The molecule has 0 aliphatic carbocycles. The molecule has 20 heavy (non-hydrogen) atoms. The van der Waals surface area contributed by atoms with E-state index in [0.29, 0.717) is 31.9 Å². The van der Waals surface area contributed by atoms with Gasteiger partial charge in [0.15, 0.2) is 0 Å². The molecule has 2 heterocycles. The van der Waals surface area contributed by atoms with Crippen molar-refractivity contribution in [2.45, 2.75) is 51.2 Å². The van der Waals surface area contributed by atoms with Gasteiger partial charge < -0.3 is 20.1 Å². The number of carbonyl (C=O) groups is 1. The molecule has 2 saturated heterocycles. The van der Waals surface area contributed by atoms with Gasteiger partial charge >= 0.3 is 0 Å². The standard InChI is InChI=1S/C15H28N2O3/c1-12-10-13(5-7-16-12)15(18)17-6-3-8-19-11-14-4-2-9-20-14/h12-14,16H,2-11H2,1H3,(H,17,18). The first-order valence-corrected chi connectivity index (χ1v) is 7.96. The summed E-state index contributed by atoms with van der Waals surface area (Å²) in [4.78, 5) is 12.0. The third-order valence-corrected chi connectivity index (χ3v) is 4.09. The Morgan fingerprint density at radius 1 is 1.45 bits per heavy atom. The molecule has 2 aliphatic rings. The Bertz CT molecular complexity index is 293. The summed E-state index contributed by atoms with van der Waals surface area (Å²) < 4.78 is 11.1. The van der Waals surface area contributed by atoms with E-state index in [0.717, 1.165) is 45.3 Å². The van der Waals surface area contributed by atoms with Crippen molar-refractivity contribution in [3.63, 3.8) is 0 Å². The maximum Gasteiger partial charge on any atom is 0.223 e. The molecule has 2 fully saturated rings. The normalized spacial score (nSPS) is 30.4. The van der Waals surface area contributed by atoms with E-state index in [4.69, 9.17) is 9.47 Å². The molecule has 0 radical (unpaired) electrons. The summed E-state index contributed by atoms with van der Waals surface area (Å²) in [6.07, 6.45) is 5.33. The average molecular weight is 284 g/mol. The van der Waals surface area contributed by atoms with Crippen molar-refractivity contribution in [1.82, 2.24) is 10.6 Å². The van der Waals surface area contributed by atoms with Crippen LogP contribution in [0.2, 0.25) is 0 Å². The molecule has 0 aromatic rings. The van der Waals surface area contributed by atoms with Crippen LogP contribution >= 0.6 is 0 Å². The minimum atomic E-state index is 0.180. The maximum atomic E-state index is 12.0. The number of amides is 1. The Morgan fingerprint density at radius 3 is 3.10 bits per heavy atom. The van der Waals surface area contributed by atoms with E-state index < -0.39 is 0 Å². The molecule has 3 unspecified atom stereocenters. The molecule has 1 amide bonds. The summed E-state index contributed by atoms with van der Waals surface area (Å²) >= 11 is 0. The molecule has 3 atom stereocenters. The van der Waals surface area contributed by atoms with Crippen molar-refractivity contribution < 1.29 is 14.3 Å². The van der Waals surface area contributed by atoms with Gasteiger partial charge in [-0.2, -0.15) is 0 Å². The second-order valence-corrected chi connectivity index (χ2v) is 5.93. The van der Waals surface area contributed by atoms with Crippen LogP contribution in [-0.2, 0) is 14.3 Å². The predicted octanol–water partition coefficient (Wildman–Crippen LogP) is 1.08. The summed E-state index contributed by atoms with van der Waals surface area (Å²) in [7, 11) is 0. The summed E-state index contributed by atoms with van der Waals surface area (Å²) in [6.45, 7) is 6.06. The van der Waals surface area contributed by atoms with Crippen molar-refractivity contribution >= 4 is 5.91 Å². The monoisotopic (exact) mass is 284 g/mol. The molecular formula is C15H28N2O3. The second kappa shape index (κ2) is 8.60. The third kappa shape index (κ3) is 5.38. The fraction of sp³-hybridized carbons (Fsp3) is 0.933. The van der Waals surface area contributed by atoms with Crippen LogP contribution in [0.25, 0.3) is 0 Å². The molecule has 5 heteroatoms. The Balaban J connectivity index is 1.46. The summed E-state index contributed by atoms with van der Waals surface area (Å²) in [5.41, 5.74) is 0. The van der Waals surface area contributed by atoms with E-state index in [2.05, 4.69) is 17.6 Å². The van der Waals surface area contributed by atoms with Crippen LogP contribution in [0.15, 0.2) is 0 Å². The molecule has 0 spiro atoms. The van der Waals surface area contributed by atoms with Gasteiger partial charge in [-0.3, -0.25) is 4.79 Å². The fourth-order valence-electron chi connectivity index (χ4n) is 2.89. The molecule has 2 N–H and O–H groups in total. The van der Waals surface area contributed by atoms with E-state index >= 15 is 0 Å². The van der Waals surface area contributed by atoms with Crippen LogP contribution < -0.4 is 10.6 Å². The highest BCUT2D eigenvalue weighted by atomic mass is 16.5. The highest BCUT2D eigenvalue weighted by Crippen LogP contribution is 2.16. The first kappa shape index (κ1) is 15.7. The molecule has 116 valence electrons. The third-order valence-electron chi connectivity index (χ3n) is 4.09. The zero-order valence-electron chi connectivity index (χ0n) is 12.5. The zero-order valence-corrected chi connectivity index (χ0v) is 12.5. The van der Waals surface area contributed by atoms with Gasteiger partial charge in [-0.25, -0.2) is 0 Å². The predicted molar refractivity (Wildman–Crippen MR) is 77.6 cm³/mol. The summed E-state index contributed by atoms with van der Waals surface area (Å²) in [6, 6.07) is 0.453. The zero-order chi connectivity index (χ0) is 14.2. The number of carbonyl (C=O) groups excluding carboxylic acids is 1. The number of piperidine rings is 1. The minimum absolute atomic E-state index is 0.180. The van der Waals surface area contributed by atoms with Gasteiger partial charge in [0.05, 0.1) is 12.7 Å². The highest BCUT2D eigenvalue weighted by molar-refractivity contribution is 5.78. The van der Waals surface area contributed by atoms with Crippen molar-refractivity contribution in [3.05, 3.63) is 0 Å². The van der Waals surface area contributed by atoms with Gasteiger partial charge in [-0.05, 0) is 45.6 Å². The molecule has 0 saturated carbocycles. The van der Waals surface area contributed by atoms with Crippen LogP contribution in [0.4, 0.5) is 0 Å². The van der Waals surface area contributed by atoms with E-state index in [-0.39, 0.29) is 11.8 Å². The quantitative estimate of drug-likeness (QED) is 0.687. The fourth-order valence-corrected chi connectivity index (χ4v) is 2.89. The molecule has 0 aromatic carbocycles. The molecule has 0 bridgehead atoms. The lowest BCUT2D eigenvalue weighted by molar-refractivity contribution is -0.126. The van der Waals surface area contributed by atoms with Gasteiger partial charge in [0, 0.05) is 31.7 Å². The highest BCUT2D eigenvalue weighted by Gasteiger charge is 2.24. The van der Waals surface area contributed by atoms with Crippen molar-refractivity contribution in [2.75, 3.05) is 32.9 Å². The Morgan fingerprint density at radius 2 is 2.35 bits per heavy atom. The van der Waals surface area contributed by atoms with Gasteiger partial charge in [0.1, 0.15) is 0 Å². The first-order chi connectivity index (χ1) is 9.75. The SMILES string of the molecule is CC1CC(C(=O)NCCCOCC2CCCO2)CCN1. The van der Waals surface area contributed by atoms with Crippen molar-refractivity contribution in [3.8, 4) is 0 Å². The largest absolute Gasteiger partial charge is 0.379 e. The number of nitrogens with one attached hydrogen (secondary N) is 2. The molecule has 0 aromatic heterocycles. The van der Waals surface area contributed by atoms with E-state index in [1.54, 1.807) is 0 Å². The lowest BCUT2D eigenvalue weighted by Crippen LogP contribution is -2.42. The average Bonchev–Trinajstić information content (AvgIpc) is 2.95. The van der Waals surface area contributed by atoms with Crippen LogP contribution in [0.5, 0.6) is 0 Å². The van der Waals surface area contributed by atoms with Gasteiger partial charge in [-0.1, -0.05) is 0 Å². The van der Waals surface area contributed by atoms with E-state index in [9.17, 15) is 4.79 Å². The van der Waals surface area contributed by atoms with Crippen molar-refractivity contribution in [2.24, 2.45) is 5.92 Å². The van der Waals surface area contributed by atoms with Crippen LogP contribution in [0.1, 0.15) is 39.0 Å². The number of ether oxygens (including phenoxy) is 2. The van der Waals surface area contributed by atoms with Crippen LogP contribution in [0.3, 0.4) is 0 Å². The first-order valence-electron chi connectivity index (χ1n) is 7.96. The topological polar surface area (TPSA) is 59.6 Å². The Kier molecular flexibility index (Phi) is 6.76. The Labute approximate surface area is 121 Å². The number of hydrogen-bond acceptors (Lipinski definition) is 4. The number of hydrogen-bond donors (Lipinski definition) is 2. The summed E-state index contributed by atoms with van der Waals surface area (Å²) in [5.74, 6) is 0.386. The Hall–Kier alpha value is -0.650. The lowest BCUT2D eigenvalue weighted by atomic mass is 9.92. The van der Waals surface area contributed by atoms with Gasteiger partial charge in [-0.15, -0.1) is 0 Å².